The number of benzene rings is 1. The molecule has 0 bridgehead atoms. The van der Waals surface area contributed by atoms with Crippen molar-refractivity contribution in [2.45, 2.75) is 19.1 Å². The number of aliphatic carboxylic acids is 1. The van der Waals surface area contributed by atoms with Gasteiger partial charge >= 0.3 is 12.0 Å². The predicted molar refractivity (Wildman–Crippen MR) is 70.0 cm³/mol. The molecule has 4 N–H and O–H groups in total. The molecule has 1 rings (SSSR count). The molecule has 0 saturated carbocycles. The molecule has 1 atom stereocenters. The Morgan fingerprint density at radius 1 is 1.21 bits per heavy atom. The van der Waals surface area contributed by atoms with Gasteiger partial charge in [-0.25, -0.2) is 9.59 Å². The second-order valence-corrected chi connectivity index (χ2v) is 4.32. The summed E-state index contributed by atoms with van der Waals surface area (Å²) in [6, 6.07) is 6.60. The van der Waals surface area contributed by atoms with Gasteiger partial charge in [-0.05, 0) is 17.7 Å². The molecule has 0 radical (unpaired) electrons. The first-order valence-corrected chi connectivity index (χ1v) is 6.04. The Hall–Kier alpha value is -1.79. The Labute approximate surface area is 115 Å². The number of hydrogen-bond acceptors (Lipinski definition) is 3. The molecule has 0 aromatic heterocycles. The Morgan fingerprint density at radius 3 is 2.42 bits per heavy atom. The van der Waals surface area contributed by atoms with Crippen LogP contribution in [0.3, 0.4) is 0 Å². The van der Waals surface area contributed by atoms with Crippen molar-refractivity contribution in [3.8, 4) is 0 Å². The van der Waals surface area contributed by atoms with Crippen LogP contribution in [0.2, 0.25) is 5.02 Å². The summed E-state index contributed by atoms with van der Waals surface area (Å²) in [5.74, 6) is -1.30. The molecule has 2 amide bonds. The summed E-state index contributed by atoms with van der Waals surface area (Å²) in [6.45, 7) is 0.421. The van der Waals surface area contributed by atoms with Crippen LogP contribution in [0.5, 0.6) is 0 Å². The van der Waals surface area contributed by atoms with Crippen molar-refractivity contribution in [2.75, 3.05) is 6.54 Å². The maximum atomic E-state index is 11.4. The third-order valence-electron chi connectivity index (χ3n) is 2.35. The Bertz CT molecular complexity index is 436. The highest BCUT2D eigenvalue weighted by atomic mass is 35.5. The van der Waals surface area contributed by atoms with Crippen LogP contribution in [0.1, 0.15) is 12.0 Å². The monoisotopic (exact) mass is 286 g/mol. The van der Waals surface area contributed by atoms with Crippen molar-refractivity contribution in [2.24, 2.45) is 0 Å². The molecule has 0 heterocycles. The average Bonchev–Trinajstić information content (AvgIpc) is 2.37. The minimum atomic E-state index is -1.46. The van der Waals surface area contributed by atoms with E-state index in [1.54, 1.807) is 24.3 Å². The number of amides is 2. The van der Waals surface area contributed by atoms with Crippen molar-refractivity contribution in [1.29, 1.82) is 0 Å². The highest BCUT2D eigenvalue weighted by Gasteiger charge is 2.12. The predicted octanol–water partition coefficient (Wildman–Crippen LogP) is 0.975. The normalized spacial score (nSPS) is 11.7. The van der Waals surface area contributed by atoms with Gasteiger partial charge in [0.1, 0.15) is 0 Å². The van der Waals surface area contributed by atoms with Gasteiger partial charge in [-0.2, -0.15) is 0 Å². The van der Waals surface area contributed by atoms with Gasteiger partial charge in [0.2, 0.25) is 0 Å². The van der Waals surface area contributed by atoms with Crippen LogP contribution in [-0.4, -0.2) is 34.9 Å². The first-order chi connectivity index (χ1) is 8.99. The SMILES string of the molecule is O=C(NCCC(O)C(=O)O)NCc1ccc(Cl)cc1. The van der Waals surface area contributed by atoms with Crippen molar-refractivity contribution in [3.05, 3.63) is 34.9 Å². The van der Waals surface area contributed by atoms with Crippen LogP contribution >= 0.6 is 11.6 Å². The van der Waals surface area contributed by atoms with Crippen molar-refractivity contribution in [3.63, 3.8) is 0 Å². The minimum Gasteiger partial charge on any atom is -0.479 e. The molecule has 104 valence electrons. The van der Waals surface area contributed by atoms with Crippen LogP contribution in [-0.2, 0) is 11.3 Å². The summed E-state index contributed by atoms with van der Waals surface area (Å²) in [7, 11) is 0. The second kappa shape index (κ2) is 7.60. The number of nitrogens with one attached hydrogen (secondary N) is 2. The molecule has 0 aliphatic rings. The molecule has 1 aromatic carbocycles. The highest BCUT2D eigenvalue weighted by Crippen LogP contribution is 2.08. The maximum absolute atomic E-state index is 11.4. The first-order valence-electron chi connectivity index (χ1n) is 5.66. The third-order valence-corrected chi connectivity index (χ3v) is 2.61. The fourth-order valence-corrected chi connectivity index (χ4v) is 1.42. The standard InChI is InChI=1S/C12H15ClN2O4/c13-9-3-1-8(2-4-9)7-15-12(19)14-6-5-10(16)11(17)18/h1-4,10,16H,5-7H2,(H,17,18)(H2,14,15,19). The van der Waals surface area contributed by atoms with E-state index < -0.39 is 18.1 Å². The number of carbonyl (C=O) groups excluding carboxylic acids is 1. The van der Waals surface area contributed by atoms with Crippen molar-refractivity contribution < 1.29 is 19.8 Å². The van der Waals surface area contributed by atoms with E-state index in [2.05, 4.69) is 10.6 Å². The number of urea groups is 1. The van der Waals surface area contributed by atoms with E-state index in [1.165, 1.54) is 0 Å². The summed E-state index contributed by atoms with van der Waals surface area (Å²) < 4.78 is 0. The van der Waals surface area contributed by atoms with E-state index in [1.807, 2.05) is 0 Å². The summed E-state index contributed by atoms with van der Waals surface area (Å²) in [4.78, 5) is 21.7. The number of hydrogen-bond donors (Lipinski definition) is 4. The van der Waals surface area contributed by atoms with E-state index in [0.29, 0.717) is 11.6 Å². The largest absolute Gasteiger partial charge is 0.479 e. The fraction of sp³-hybridized carbons (Fsp3) is 0.333. The van der Waals surface area contributed by atoms with E-state index in [9.17, 15) is 9.59 Å². The van der Waals surface area contributed by atoms with Crippen LogP contribution in [0.15, 0.2) is 24.3 Å². The molecule has 1 aromatic rings. The van der Waals surface area contributed by atoms with Gasteiger partial charge in [-0.3, -0.25) is 0 Å². The molecule has 1 unspecified atom stereocenters. The summed E-state index contributed by atoms with van der Waals surface area (Å²) in [6.07, 6.45) is -1.50. The van der Waals surface area contributed by atoms with Crippen molar-refractivity contribution in [1.82, 2.24) is 10.6 Å². The average molecular weight is 287 g/mol. The smallest absolute Gasteiger partial charge is 0.332 e. The topological polar surface area (TPSA) is 98.7 Å². The van der Waals surface area contributed by atoms with Gasteiger partial charge < -0.3 is 20.8 Å². The molecule has 0 spiro atoms. The van der Waals surface area contributed by atoms with Gasteiger partial charge in [-0.1, -0.05) is 23.7 Å². The van der Waals surface area contributed by atoms with Crippen LogP contribution in [0.25, 0.3) is 0 Å². The summed E-state index contributed by atoms with van der Waals surface area (Å²) in [5, 5.41) is 23.1. The Kier molecular flexibility index (Phi) is 6.11. The molecule has 0 aliphatic carbocycles. The molecule has 0 saturated heterocycles. The maximum Gasteiger partial charge on any atom is 0.332 e. The minimum absolute atomic E-state index is 0.0380. The lowest BCUT2D eigenvalue weighted by Crippen LogP contribution is -2.37. The Balaban J connectivity index is 2.21. The van der Waals surface area contributed by atoms with Gasteiger partial charge in [-0.15, -0.1) is 0 Å². The molecule has 7 heteroatoms. The number of rotatable bonds is 6. The molecular weight excluding hydrogens is 272 g/mol. The molecule has 19 heavy (non-hydrogen) atoms. The number of carboxylic acids is 1. The molecule has 0 aliphatic heterocycles. The van der Waals surface area contributed by atoms with Gasteiger partial charge in [0, 0.05) is 24.5 Å². The lowest BCUT2D eigenvalue weighted by atomic mass is 10.2. The van der Waals surface area contributed by atoms with Crippen LogP contribution in [0.4, 0.5) is 4.79 Å². The van der Waals surface area contributed by atoms with Crippen LogP contribution < -0.4 is 10.6 Å². The van der Waals surface area contributed by atoms with Gasteiger partial charge in [0.15, 0.2) is 6.10 Å². The number of aliphatic hydroxyl groups is 1. The number of carbonyl (C=O) groups is 2. The van der Waals surface area contributed by atoms with E-state index in [0.717, 1.165) is 5.56 Å². The zero-order chi connectivity index (χ0) is 14.3. The number of halogens is 1. The summed E-state index contributed by atoms with van der Waals surface area (Å²) in [5.41, 5.74) is 0.894. The summed E-state index contributed by atoms with van der Waals surface area (Å²) >= 11 is 5.73. The highest BCUT2D eigenvalue weighted by molar-refractivity contribution is 6.30. The Morgan fingerprint density at radius 2 is 1.84 bits per heavy atom. The first kappa shape index (κ1) is 15.3. The zero-order valence-corrected chi connectivity index (χ0v) is 10.9. The third kappa shape index (κ3) is 6.08. The number of carboxylic acid groups (broad SMARTS) is 1. The number of aliphatic hydroxyl groups excluding tert-OH is 1. The van der Waals surface area contributed by atoms with E-state index >= 15 is 0 Å². The zero-order valence-electron chi connectivity index (χ0n) is 10.1. The van der Waals surface area contributed by atoms with Crippen molar-refractivity contribution >= 4 is 23.6 Å². The van der Waals surface area contributed by atoms with Crippen LogP contribution in [0, 0.1) is 0 Å². The quantitative estimate of drug-likeness (QED) is 0.626. The fourth-order valence-electron chi connectivity index (χ4n) is 1.29. The lowest BCUT2D eigenvalue weighted by molar-refractivity contribution is -0.146. The van der Waals surface area contributed by atoms with E-state index in [4.69, 9.17) is 21.8 Å². The molecule has 0 fully saturated rings. The van der Waals surface area contributed by atoms with E-state index in [-0.39, 0.29) is 13.0 Å². The molecule has 6 nitrogen and oxygen atoms in total. The van der Waals surface area contributed by atoms with Gasteiger partial charge in [0.05, 0.1) is 0 Å². The second-order valence-electron chi connectivity index (χ2n) is 3.88. The molecular formula is C12H15ClN2O4. The lowest BCUT2D eigenvalue weighted by Gasteiger charge is -2.09. The van der Waals surface area contributed by atoms with Gasteiger partial charge in [0.25, 0.3) is 0 Å².